The highest BCUT2D eigenvalue weighted by Crippen LogP contribution is 2.36. The number of carboxylic acid groups (broad SMARTS) is 1. The average molecular weight is 605 g/mol. The minimum atomic E-state index is -0.991. The van der Waals surface area contributed by atoms with Crippen LogP contribution in [0.25, 0.3) is 6.08 Å². The molecule has 0 saturated heterocycles. The Labute approximate surface area is 218 Å². The van der Waals surface area contributed by atoms with E-state index in [0.717, 1.165) is 11.1 Å². The van der Waals surface area contributed by atoms with Crippen LogP contribution in [0.1, 0.15) is 27.0 Å². The maximum absolute atomic E-state index is 12.6. The van der Waals surface area contributed by atoms with Gasteiger partial charge in [0.1, 0.15) is 24.0 Å². The third-order valence-electron chi connectivity index (χ3n) is 4.73. The summed E-state index contributed by atoms with van der Waals surface area (Å²) in [7, 11) is 0. The first-order valence-corrected chi connectivity index (χ1v) is 11.8. The van der Waals surface area contributed by atoms with Crippen LogP contribution in [0.4, 0.5) is 5.69 Å². The maximum Gasteiger partial charge on any atom is 0.335 e. The van der Waals surface area contributed by atoms with E-state index in [1.165, 1.54) is 18.2 Å². The van der Waals surface area contributed by atoms with Crippen molar-refractivity contribution < 1.29 is 19.4 Å². The molecule has 6 nitrogen and oxygen atoms in total. The van der Waals surface area contributed by atoms with Gasteiger partial charge in [-0.25, -0.2) is 4.79 Å². The Morgan fingerprint density at radius 1 is 1.12 bits per heavy atom. The lowest BCUT2D eigenvalue weighted by Gasteiger charge is -2.12. The van der Waals surface area contributed by atoms with Crippen LogP contribution in [0, 0.1) is 18.3 Å². The van der Waals surface area contributed by atoms with Crippen molar-refractivity contribution in [3.05, 3.63) is 96.4 Å². The van der Waals surface area contributed by atoms with Gasteiger partial charge < -0.3 is 15.2 Å². The van der Waals surface area contributed by atoms with Crippen molar-refractivity contribution in [2.75, 3.05) is 5.32 Å². The third-order valence-corrected chi connectivity index (χ3v) is 6.14. The summed E-state index contributed by atoms with van der Waals surface area (Å²) in [4.78, 5) is 23.6. The van der Waals surface area contributed by atoms with E-state index in [1.54, 1.807) is 42.5 Å². The fourth-order valence-corrected chi connectivity index (χ4v) is 4.56. The number of aryl methyl sites for hydroxylation is 1. The van der Waals surface area contributed by atoms with Gasteiger partial charge in [0.25, 0.3) is 5.91 Å². The van der Waals surface area contributed by atoms with Crippen molar-refractivity contribution in [3.8, 4) is 11.8 Å². The summed E-state index contributed by atoms with van der Waals surface area (Å²) in [6, 6.07) is 16.9. The number of carbonyl (C=O) groups is 2. The zero-order chi connectivity index (χ0) is 24.8. The summed E-state index contributed by atoms with van der Waals surface area (Å²) in [5.41, 5.74) is 2.87. The Kier molecular flexibility index (Phi) is 8.51. The van der Waals surface area contributed by atoms with Crippen LogP contribution in [0.3, 0.4) is 0 Å². The molecule has 0 radical (unpaired) electrons. The molecule has 0 fully saturated rings. The fourth-order valence-electron chi connectivity index (χ4n) is 2.93. The van der Waals surface area contributed by atoms with E-state index in [1.807, 2.05) is 13.0 Å². The van der Waals surface area contributed by atoms with Crippen LogP contribution >= 0.6 is 43.5 Å². The van der Waals surface area contributed by atoms with Gasteiger partial charge in [-0.05, 0) is 97.9 Å². The molecule has 0 bridgehead atoms. The molecule has 3 aromatic carbocycles. The number of carbonyl (C=O) groups excluding carboxylic acids is 1. The highest BCUT2D eigenvalue weighted by Gasteiger charge is 2.14. The second kappa shape index (κ2) is 11.3. The molecule has 0 aliphatic carbocycles. The molecule has 2 N–H and O–H groups in total. The van der Waals surface area contributed by atoms with Gasteiger partial charge in [-0.1, -0.05) is 29.8 Å². The Balaban J connectivity index is 1.76. The number of ether oxygens (including phenoxy) is 1. The molecule has 0 atom stereocenters. The molecule has 3 aromatic rings. The van der Waals surface area contributed by atoms with E-state index in [4.69, 9.17) is 21.4 Å². The first kappa shape index (κ1) is 25.5. The average Bonchev–Trinajstić information content (AvgIpc) is 2.79. The second-order valence-corrected chi connectivity index (χ2v) is 9.33. The van der Waals surface area contributed by atoms with Crippen molar-refractivity contribution in [2.45, 2.75) is 13.5 Å². The number of nitriles is 1. The predicted octanol–water partition coefficient (Wildman–Crippen LogP) is 7.00. The fraction of sp³-hybridized carbons (Fsp3) is 0.0800. The molecule has 1 amide bonds. The van der Waals surface area contributed by atoms with Gasteiger partial charge in [0.05, 0.1) is 14.5 Å². The lowest BCUT2D eigenvalue weighted by molar-refractivity contribution is -0.112. The van der Waals surface area contributed by atoms with E-state index >= 15 is 0 Å². The van der Waals surface area contributed by atoms with Crippen molar-refractivity contribution in [2.24, 2.45) is 0 Å². The molecule has 0 aromatic heterocycles. The van der Waals surface area contributed by atoms with Crippen LogP contribution in [0.2, 0.25) is 5.02 Å². The number of halogens is 3. The monoisotopic (exact) mass is 602 g/mol. The zero-order valence-electron chi connectivity index (χ0n) is 17.7. The van der Waals surface area contributed by atoms with Gasteiger partial charge in [-0.2, -0.15) is 5.26 Å². The van der Waals surface area contributed by atoms with Crippen LogP contribution in [0.5, 0.6) is 5.75 Å². The maximum atomic E-state index is 12.6. The first-order chi connectivity index (χ1) is 16.2. The number of nitrogens with zero attached hydrogens (tertiary/aromatic N) is 1. The number of rotatable bonds is 7. The normalized spacial score (nSPS) is 11.0. The Morgan fingerprint density at radius 2 is 1.76 bits per heavy atom. The number of anilines is 1. The topological polar surface area (TPSA) is 99.4 Å². The van der Waals surface area contributed by atoms with E-state index in [0.29, 0.717) is 31.0 Å². The summed E-state index contributed by atoms with van der Waals surface area (Å²) < 4.78 is 7.09. The molecule has 0 unspecified atom stereocenters. The number of benzene rings is 3. The molecule has 0 aliphatic heterocycles. The molecule has 3 rings (SSSR count). The van der Waals surface area contributed by atoms with E-state index in [2.05, 4.69) is 37.2 Å². The van der Waals surface area contributed by atoms with Gasteiger partial charge in [0.15, 0.2) is 0 Å². The van der Waals surface area contributed by atoms with E-state index in [9.17, 15) is 14.9 Å². The lowest BCUT2D eigenvalue weighted by atomic mass is 10.1. The van der Waals surface area contributed by atoms with Crippen molar-refractivity contribution >= 4 is 67.1 Å². The number of amides is 1. The van der Waals surface area contributed by atoms with Crippen LogP contribution in [-0.2, 0) is 11.4 Å². The van der Waals surface area contributed by atoms with Crippen LogP contribution in [0.15, 0.2) is 69.1 Å². The Morgan fingerprint density at radius 3 is 2.35 bits per heavy atom. The van der Waals surface area contributed by atoms with Crippen molar-refractivity contribution in [3.63, 3.8) is 0 Å². The highest BCUT2D eigenvalue weighted by atomic mass is 79.9. The van der Waals surface area contributed by atoms with Crippen molar-refractivity contribution in [1.29, 1.82) is 5.26 Å². The van der Waals surface area contributed by atoms with Crippen LogP contribution in [-0.4, -0.2) is 17.0 Å². The Hall–Kier alpha value is -3.12. The summed E-state index contributed by atoms with van der Waals surface area (Å²) >= 11 is 12.9. The molecular weight excluding hydrogens is 588 g/mol. The summed E-state index contributed by atoms with van der Waals surface area (Å²) in [6.07, 6.45) is 1.47. The van der Waals surface area contributed by atoms with Gasteiger partial charge >= 0.3 is 5.97 Å². The first-order valence-electron chi connectivity index (χ1n) is 9.81. The van der Waals surface area contributed by atoms with Gasteiger partial charge in [0, 0.05) is 10.7 Å². The third kappa shape index (κ3) is 6.48. The lowest BCUT2D eigenvalue weighted by Crippen LogP contribution is -2.14. The van der Waals surface area contributed by atoms with Gasteiger partial charge in [-0.3, -0.25) is 4.79 Å². The van der Waals surface area contributed by atoms with Gasteiger partial charge in [-0.15, -0.1) is 0 Å². The zero-order valence-corrected chi connectivity index (χ0v) is 21.7. The largest absolute Gasteiger partial charge is 0.487 e. The molecule has 0 spiro atoms. The minimum Gasteiger partial charge on any atom is -0.487 e. The highest BCUT2D eigenvalue weighted by molar-refractivity contribution is 9.11. The second-order valence-electron chi connectivity index (χ2n) is 7.19. The number of carboxylic acids is 1. The molecule has 0 saturated carbocycles. The molecule has 172 valence electrons. The van der Waals surface area contributed by atoms with E-state index < -0.39 is 11.9 Å². The number of hydrogen-bond acceptors (Lipinski definition) is 4. The van der Waals surface area contributed by atoms with Crippen molar-refractivity contribution in [1.82, 2.24) is 0 Å². The molecule has 34 heavy (non-hydrogen) atoms. The summed E-state index contributed by atoms with van der Waals surface area (Å²) in [5.74, 6) is -1.02. The molecular formula is C25H17Br2ClN2O4. The van der Waals surface area contributed by atoms with Gasteiger partial charge in [0.2, 0.25) is 0 Å². The predicted molar refractivity (Wildman–Crippen MR) is 138 cm³/mol. The summed E-state index contributed by atoms with van der Waals surface area (Å²) in [6.45, 7) is 2.05. The summed E-state index contributed by atoms with van der Waals surface area (Å²) in [5, 5.41) is 21.7. The standard InChI is InChI=1S/C25H17Br2ClN2O4/c1-14-2-7-19(28)11-22(14)30-24(31)18(12-29)8-16-9-20(26)23(21(27)10-16)34-13-15-3-5-17(6-4-15)25(32)33/h2-11H,13H2,1H3,(H,30,31)(H,32,33)/b18-8+. The minimum absolute atomic E-state index is 0.0784. The van der Waals surface area contributed by atoms with E-state index in [-0.39, 0.29) is 17.7 Å². The van der Waals surface area contributed by atoms with Crippen LogP contribution < -0.4 is 10.1 Å². The quantitative estimate of drug-likeness (QED) is 0.224. The molecule has 0 heterocycles. The smallest absolute Gasteiger partial charge is 0.335 e. The number of aromatic carboxylic acids is 1. The molecule has 0 aliphatic rings. The number of hydrogen-bond donors (Lipinski definition) is 2. The Bertz CT molecular complexity index is 1310. The SMILES string of the molecule is Cc1ccc(Cl)cc1NC(=O)/C(C#N)=C/c1cc(Br)c(OCc2ccc(C(=O)O)cc2)c(Br)c1. The molecule has 9 heteroatoms. The number of nitrogens with one attached hydrogen (secondary N) is 1.